The highest BCUT2D eigenvalue weighted by Gasteiger charge is 2.25. The van der Waals surface area contributed by atoms with Crippen LogP contribution in [0.5, 0.6) is 11.5 Å². The first-order valence-corrected chi connectivity index (χ1v) is 6.75. The third-order valence-electron chi connectivity index (χ3n) is 3.12. The minimum absolute atomic E-state index is 0.244. The van der Waals surface area contributed by atoms with E-state index >= 15 is 0 Å². The molecule has 9 nitrogen and oxygen atoms in total. The maximum Gasteiger partial charge on any atom is 0.320 e. The SMILES string of the molecule is CCn1cc([N+](=O)[O-])c(C(=O)Nc2ccc(OC)c(OC)c2)n1. The summed E-state index contributed by atoms with van der Waals surface area (Å²) in [6.07, 6.45) is 1.23. The first kappa shape index (κ1) is 16.3. The van der Waals surface area contributed by atoms with Crippen molar-refractivity contribution in [3.05, 3.63) is 40.2 Å². The summed E-state index contributed by atoms with van der Waals surface area (Å²) in [7, 11) is 2.97. The number of carbonyl (C=O) groups excluding carboxylic acids is 1. The summed E-state index contributed by atoms with van der Waals surface area (Å²) in [5.74, 6) is 0.266. The van der Waals surface area contributed by atoms with Gasteiger partial charge in [0, 0.05) is 18.3 Å². The third kappa shape index (κ3) is 3.39. The van der Waals surface area contributed by atoms with Crippen molar-refractivity contribution in [3.8, 4) is 11.5 Å². The Hall–Kier alpha value is -3.10. The lowest BCUT2D eigenvalue weighted by atomic mass is 10.2. The van der Waals surface area contributed by atoms with Gasteiger partial charge in [-0.05, 0) is 19.1 Å². The standard InChI is InChI=1S/C14H16N4O5/c1-4-17-8-10(18(20)21)13(16-17)14(19)15-9-5-6-11(22-2)12(7-9)23-3/h5-8H,4H2,1-3H3,(H,15,19). The Morgan fingerprint density at radius 1 is 1.35 bits per heavy atom. The molecule has 0 saturated carbocycles. The highest BCUT2D eigenvalue weighted by Crippen LogP contribution is 2.30. The van der Waals surface area contributed by atoms with Crippen LogP contribution in [-0.4, -0.2) is 34.8 Å². The maximum atomic E-state index is 12.3. The normalized spacial score (nSPS) is 10.2. The minimum atomic E-state index is -0.670. The Bertz CT molecular complexity index is 741. The zero-order valence-electron chi connectivity index (χ0n) is 12.9. The summed E-state index contributed by atoms with van der Waals surface area (Å²) in [5.41, 5.74) is -0.176. The number of ether oxygens (including phenoxy) is 2. The Morgan fingerprint density at radius 3 is 2.61 bits per heavy atom. The van der Waals surface area contributed by atoms with Crippen molar-refractivity contribution in [2.75, 3.05) is 19.5 Å². The van der Waals surface area contributed by atoms with E-state index in [-0.39, 0.29) is 11.4 Å². The van der Waals surface area contributed by atoms with Crippen LogP contribution in [-0.2, 0) is 6.54 Å². The number of carbonyl (C=O) groups is 1. The lowest BCUT2D eigenvalue weighted by Crippen LogP contribution is -2.14. The van der Waals surface area contributed by atoms with Crippen molar-refractivity contribution in [3.63, 3.8) is 0 Å². The molecule has 1 N–H and O–H groups in total. The van der Waals surface area contributed by atoms with Gasteiger partial charge in [0.15, 0.2) is 11.5 Å². The number of rotatable bonds is 6. The molecule has 0 aliphatic heterocycles. The fourth-order valence-electron chi connectivity index (χ4n) is 1.97. The molecule has 0 saturated heterocycles. The molecule has 0 radical (unpaired) electrons. The van der Waals surface area contributed by atoms with Gasteiger partial charge in [-0.25, -0.2) is 0 Å². The largest absolute Gasteiger partial charge is 0.493 e. The highest BCUT2D eigenvalue weighted by molar-refractivity contribution is 6.05. The molecule has 2 rings (SSSR count). The summed E-state index contributed by atoms with van der Waals surface area (Å²) in [6, 6.07) is 4.77. The smallest absolute Gasteiger partial charge is 0.320 e. The second-order valence-corrected chi connectivity index (χ2v) is 4.50. The van der Waals surface area contributed by atoms with Crippen molar-refractivity contribution in [2.45, 2.75) is 13.5 Å². The molecule has 23 heavy (non-hydrogen) atoms. The molecule has 2 aromatic rings. The van der Waals surface area contributed by atoms with Gasteiger partial charge in [-0.1, -0.05) is 0 Å². The Balaban J connectivity index is 2.29. The lowest BCUT2D eigenvalue weighted by molar-refractivity contribution is -0.385. The summed E-state index contributed by atoms with van der Waals surface area (Å²) in [6.45, 7) is 2.19. The van der Waals surface area contributed by atoms with E-state index in [1.165, 1.54) is 25.1 Å². The molecule has 0 bridgehead atoms. The number of aryl methyl sites for hydroxylation is 1. The maximum absolute atomic E-state index is 12.3. The molecule has 0 aliphatic rings. The van der Waals surface area contributed by atoms with E-state index in [4.69, 9.17) is 9.47 Å². The molecular formula is C14H16N4O5. The van der Waals surface area contributed by atoms with Gasteiger partial charge in [-0.3, -0.25) is 19.6 Å². The number of anilines is 1. The van der Waals surface area contributed by atoms with Gasteiger partial charge >= 0.3 is 5.69 Å². The number of nitro groups is 1. The predicted molar refractivity (Wildman–Crippen MR) is 82.1 cm³/mol. The average Bonchev–Trinajstić information content (AvgIpc) is 2.99. The van der Waals surface area contributed by atoms with Crippen molar-refractivity contribution in [1.29, 1.82) is 0 Å². The summed E-state index contributed by atoms with van der Waals surface area (Å²) >= 11 is 0. The summed E-state index contributed by atoms with van der Waals surface area (Å²) in [5, 5.41) is 17.5. The summed E-state index contributed by atoms with van der Waals surface area (Å²) < 4.78 is 11.6. The molecule has 0 fully saturated rings. The van der Waals surface area contributed by atoms with E-state index in [2.05, 4.69) is 10.4 Å². The van der Waals surface area contributed by atoms with Crippen molar-refractivity contribution >= 4 is 17.3 Å². The first-order chi connectivity index (χ1) is 11.0. The second kappa shape index (κ2) is 6.77. The van der Waals surface area contributed by atoms with Gasteiger partial charge in [0.1, 0.15) is 6.20 Å². The van der Waals surface area contributed by atoms with E-state index in [0.29, 0.717) is 23.7 Å². The lowest BCUT2D eigenvalue weighted by Gasteiger charge is -2.09. The summed E-state index contributed by atoms with van der Waals surface area (Å²) in [4.78, 5) is 22.7. The number of methoxy groups -OCH3 is 2. The average molecular weight is 320 g/mol. The van der Waals surface area contributed by atoms with Gasteiger partial charge in [-0.2, -0.15) is 5.10 Å². The molecule has 1 aromatic carbocycles. The molecule has 1 aromatic heterocycles. The molecule has 1 amide bonds. The van der Waals surface area contributed by atoms with E-state index in [9.17, 15) is 14.9 Å². The van der Waals surface area contributed by atoms with Crippen LogP contribution < -0.4 is 14.8 Å². The molecule has 0 atom stereocenters. The third-order valence-corrected chi connectivity index (χ3v) is 3.12. The van der Waals surface area contributed by atoms with Gasteiger partial charge < -0.3 is 14.8 Å². The zero-order valence-corrected chi connectivity index (χ0v) is 12.9. The van der Waals surface area contributed by atoms with E-state index < -0.39 is 10.8 Å². The number of benzene rings is 1. The number of nitrogens with zero attached hydrogens (tertiary/aromatic N) is 3. The van der Waals surface area contributed by atoms with E-state index in [0.717, 1.165) is 0 Å². The molecule has 0 aliphatic carbocycles. The highest BCUT2D eigenvalue weighted by atomic mass is 16.6. The molecule has 0 unspecified atom stereocenters. The minimum Gasteiger partial charge on any atom is -0.493 e. The van der Waals surface area contributed by atoms with Gasteiger partial charge in [0.05, 0.1) is 19.1 Å². The fourth-order valence-corrected chi connectivity index (χ4v) is 1.97. The number of nitrogens with one attached hydrogen (secondary N) is 1. The molecular weight excluding hydrogens is 304 g/mol. The molecule has 122 valence electrons. The quantitative estimate of drug-likeness (QED) is 0.645. The van der Waals surface area contributed by atoms with E-state index in [1.807, 2.05) is 0 Å². The van der Waals surface area contributed by atoms with Gasteiger partial charge in [-0.15, -0.1) is 0 Å². The van der Waals surface area contributed by atoms with Crippen LogP contribution in [0.3, 0.4) is 0 Å². The van der Waals surface area contributed by atoms with Gasteiger partial charge in [0.25, 0.3) is 5.91 Å². The van der Waals surface area contributed by atoms with Crippen molar-refractivity contribution < 1.29 is 19.2 Å². The fraction of sp³-hybridized carbons (Fsp3) is 0.286. The van der Waals surface area contributed by atoms with Crippen LogP contribution in [0, 0.1) is 10.1 Å². The molecule has 1 heterocycles. The van der Waals surface area contributed by atoms with Crippen LogP contribution in [0.2, 0.25) is 0 Å². The van der Waals surface area contributed by atoms with E-state index in [1.54, 1.807) is 25.1 Å². The van der Waals surface area contributed by atoms with Crippen molar-refractivity contribution in [1.82, 2.24) is 9.78 Å². The Labute approximate surface area is 132 Å². The topological polar surface area (TPSA) is 109 Å². The van der Waals surface area contributed by atoms with Crippen LogP contribution in [0.1, 0.15) is 17.4 Å². The van der Waals surface area contributed by atoms with Crippen LogP contribution in [0.4, 0.5) is 11.4 Å². The number of hydrogen-bond donors (Lipinski definition) is 1. The Kier molecular flexibility index (Phi) is 4.79. The van der Waals surface area contributed by atoms with Crippen LogP contribution in [0.25, 0.3) is 0 Å². The molecule has 9 heteroatoms. The Morgan fingerprint density at radius 2 is 2.04 bits per heavy atom. The number of hydrogen-bond acceptors (Lipinski definition) is 6. The van der Waals surface area contributed by atoms with Crippen LogP contribution >= 0.6 is 0 Å². The monoisotopic (exact) mass is 320 g/mol. The van der Waals surface area contributed by atoms with Crippen molar-refractivity contribution in [2.24, 2.45) is 0 Å². The second-order valence-electron chi connectivity index (χ2n) is 4.50. The number of aromatic nitrogens is 2. The predicted octanol–water partition coefficient (Wildman–Crippen LogP) is 2.08. The zero-order chi connectivity index (χ0) is 17.0. The van der Waals surface area contributed by atoms with Gasteiger partial charge in [0.2, 0.25) is 5.69 Å². The first-order valence-electron chi connectivity index (χ1n) is 6.75. The van der Waals surface area contributed by atoms with Crippen LogP contribution in [0.15, 0.2) is 24.4 Å². The molecule has 0 spiro atoms. The number of amides is 1.